The highest BCUT2D eigenvalue weighted by molar-refractivity contribution is 8.00. The van der Waals surface area contributed by atoms with Gasteiger partial charge >= 0.3 is 6.16 Å². The van der Waals surface area contributed by atoms with Gasteiger partial charge in [-0.15, -0.1) is 11.8 Å². The van der Waals surface area contributed by atoms with Crippen molar-refractivity contribution in [1.82, 2.24) is 5.32 Å². The molecule has 0 aliphatic carbocycles. The molecule has 0 radical (unpaired) electrons. The number of carbonyl (C=O) groups excluding carboxylic acids is 1. The fraction of sp³-hybridized carbons (Fsp3) is 0.381. The summed E-state index contributed by atoms with van der Waals surface area (Å²) in [6, 6.07) is 15.9. The number of nitrogens with one attached hydrogen (secondary N) is 1. The normalized spacial score (nSPS) is 18.7. The predicted octanol–water partition coefficient (Wildman–Crippen LogP) is 4.00. The zero-order valence-corrected chi connectivity index (χ0v) is 17.0. The molecule has 1 heterocycles. The largest absolute Gasteiger partial charge is 0.509 e. The third kappa shape index (κ3) is 4.91. The van der Waals surface area contributed by atoms with E-state index in [9.17, 15) is 4.79 Å². The standard InChI is InChI=1S/C21H25NO5S/c1-24-16-8-4-14(5-9-16)19(15-6-10-17(25-2)11-7-15)22-18-12-13-28-20(18)27-21(23)26-3/h4-11,18-20,22H,12-13H2,1-3H3. The molecule has 2 aromatic rings. The van der Waals surface area contributed by atoms with Crippen molar-refractivity contribution in [2.45, 2.75) is 23.9 Å². The fourth-order valence-electron chi connectivity index (χ4n) is 3.18. The molecule has 7 heteroatoms. The van der Waals surface area contributed by atoms with E-state index in [-0.39, 0.29) is 17.5 Å². The van der Waals surface area contributed by atoms with E-state index in [1.165, 1.54) is 7.11 Å². The third-order valence-corrected chi connectivity index (χ3v) is 5.92. The summed E-state index contributed by atoms with van der Waals surface area (Å²) in [5, 5.41) is 3.67. The van der Waals surface area contributed by atoms with Gasteiger partial charge in [-0.2, -0.15) is 0 Å². The van der Waals surface area contributed by atoms with E-state index in [0.717, 1.165) is 34.8 Å². The summed E-state index contributed by atoms with van der Waals surface area (Å²) >= 11 is 1.61. The molecule has 0 amide bonds. The lowest BCUT2D eigenvalue weighted by atomic mass is 9.97. The SMILES string of the molecule is COC(=O)OC1SCCC1NC(c1ccc(OC)cc1)c1ccc(OC)cc1. The van der Waals surface area contributed by atoms with Gasteiger partial charge in [-0.05, 0) is 47.6 Å². The number of hydrogen-bond donors (Lipinski definition) is 1. The van der Waals surface area contributed by atoms with Crippen molar-refractivity contribution < 1.29 is 23.7 Å². The summed E-state index contributed by atoms with van der Waals surface area (Å²) in [6.07, 6.45) is 0.242. The minimum Gasteiger partial charge on any atom is -0.497 e. The van der Waals surface area contributed by atoms with E-state index in [4.69, 9.17) is 14.2 Å². The molecule has 1 N–H and O–H groups in total. The average Bonchev–Trinajstić information content (AvgIpc) is 3.18. The van der Waals surface area contributed by atoms with Crippen molar-refractivity contribution >= 4 is 17.9 Å². The third-order valence-electron chi connectivity index (χ3n) is 4.70. The lowest BCUT2D eigenvalue weighted by Crippen LogP contribution is -2.40. The maximum atomic E-state index is 11.6. The molecule has 150 valence electrons. The van der Waals surface area contributed by atoms with Gasteiger partial charge in [-0.25, -0.2) is 4.79 Å². The molecule has 0 bridgehead atoms. The number of thioether (sulfide) groups is 1. The smallest absolute Gasteiger partial charge is 0.497 e. The van der Waals surface area contributed by atoms with Crippen molar-refractivity contribution in [3.8, 4) is 11.5 Å². The highest BCUT2D eigenvalue weighted by Crippen LogP contribution is 2.33. The van der Waals surface area contributed by atoms with Crippen LogP contribution in [-0.4, -0.2) is 44.7 Å². The molecule has 0 aromatic heterocycles. The van der Waals surface area contributed by atoms with Gasteiger partial charge < -0.3 is 18.9 Å². The minimum absolute atomic E-state index is 0.0123. The number of rotatable bonds is 7. The Morgan fingerprint density at radius 1 is 0.964 bits per heavy atom. The van der Waals surface area contributed by atoms with E-state index >= 15 is 0 Å². The molecule has 0 saturated carbocycles. The number of benzene rings is 2. The Labute approximate surface area is 169 Å². The van der Waals surface area contributed by atoms with Crippen LogP contribution in [0.25, 0.3) is 0 Å². The van der Waals surface area contributed by atoms with Gasteiger partial charge in [0.1, 0.15) is 11.5 Å². The summed E-state index contributed by atoms with van der Waals surface area (Å²) in [7, 11) is 4.62. The van der Waals surface area contributed by atoms with Crippen molar-refractivity contribution in [3.05, 3.63) is 59.7 Å². The number of ether oxygens (including phenoxy) is 4. The van der Waals surface area contributed by atoms with Gasteiger partial charge in [0.15, 0.2) is 5.44 Å². The first-order chi connectivity index (χ1) is 13.6. The Balaban J connectivity index is 1.85. The number of methoxy groups -OCH3 is 3. The second-order valence-electron chi connectivity index (χ2n) is 6.35. The highest BCUT2D eigenvalue weighted by atomic mass is 32.2. The number of hydrogen-bond acceptors (Lipinski definition) is 7. The zero-order chi connectivity index (χ0) is 19.9. The van der Waals surface area contributed by atoms with Gasteiger partial charge in [-0.3, -0.25) is 5.32 Å². The van der Waals surface area contributed by atoms with Crippen LogP contribution in [0.15, 0.2) is 48.5 Å². The topological polar surface area (TPSA) is 66.0 Å². The summed E-state index contributed by atoms with van der Waals surface area (Å²) in [4.78, 5) is 11.6. The van der Waals surface area contributed by atoms with Gasteiger partial charge in [0.05, 0.1) is 33.4 Å². The van der Waals surface area contributed by atoms with E-state index < -0.39 is 6.16 Å². The molecule has 2 aromatic carbocycles. The molecule has 0 spiro atoms. The molecule has 3 rings (SSSR count). The maximum absolute atomic E-state index is 11.6. The first-order valence-corrected chi connectivity index (χ1v) is 10.1. The average molecular weight is 404 g/mol. The van der Waals surface area contributed by atoms with Crippen molar-refractivity contribution in [2.24, 2.45) is 0 Å². The molecule has 28 heavy (non-hydrogen) atoms. The summed E-state index contributed by atoms with van der Waals surface area (Å²) < 4.78 is 20.6. The summed E-state index contributed by atoms with van der Waals surface area (Å²) in [5.74, 6) is 2.53. The molecule has 6 nitrogen and oxygen atoms in total. The van der Waals surface area contributed by atoms with Crippen LogP contribution in [-0.2, 0) is 9.47 Å². The molecule has 2 unspecified atom stereocenters. The van der Waals surface area contributed by atoms with Gasteiger partial charge in [0.25, 0.3) is 0 Å². The Kier molecular flexibility index (Phi) is 7.06. The molecule has 1 fully saturated rings. The van der Waals surface area contributed by atoms with Gasteiger partial charge in [-0.1, -0.05) is 24.3 Å². The fourth-order valence-corrected chi connectivity index (χ4v) is 4.39. The van der Waals surface area contributed by atoms with Crippen molar-refractivity contribution in [3.63, 3.8) is 0 Å². The monoisotopic (exact) mass is 403 g/mol. The lowest BCUT2D eigenvalue weighted by molar-refractivity contribution is 0.0547. The lowest BCUT2D eigenvalue weighted by Gasteiger charge is -2.27. The second-order valence-corrected chi connectivity index (χ2v) is 7.56. The zero-order valence-electron chi connectivity index (χ0n) is 16.2. The predicted molar refractivity (Wildman–Crippen MR) is 109 cm³/mol. The van der Waals surface area contributed by atoms with Crippen LogP contribution >= 0.6 is 11.8 Å². The summed E-state index contributed by atoms with van der Waals surface area (Å²) in [6.45, 7) is 0. The maximum Gasteiger partial charge on any atom is 0.509 e. The van der Waals surface area contributed by atoms with Crippen molar-refractivity contribution in [1.29, 1.82) is 0 Å². The number of carbonyl (C=O) groups is 1. The molecule has 1 aliphatic rings. The van der Waals surface area contributed by atoms with E-state index in [0.29, 0.717) is 0 Å². The van der Waals surface area contributed by atoms with E-state index in [1.54, 1.807) is 26.0 Å². The quantitative estimate of drug-likeness (QED) is 0.701. The van der Waals surface area contributed by atoms with Crippen LogP contribution in [0.3, 0.4) is 0 Å². The molecular formula is C21H25NO5S. The van der Waals surface area contributed by atoms with Crippen LogP contribution < -0.4 is 14.8 Å². The van der Waals surface area contributed by atoms with E-state index in [2.05, 4.69) is 10.1 Å². The molecule has 2 atom stereocenters. The first kappa shape index (κ1) is 20.4. The van der Waals surface area contributed by atoms with Crippen LogP contribution in [0.5, 0.6) is 11.5 Å². The van der Waals surface area contributed by atoms with Gasteiger partial charge in [0.2, 0.25) is 0 Å². The molecule has 1 aliphatic heterocycles. The Hall–Kier alpha value is -2.38. The Bertz CT molecular complexity index is 718. The summed E-state index contributed by atoms with van der Waals surface area (Å²) in [5.41, 5.74) is 1.91. The second kappa shape index (κ2) is 9.71. The Morgan fingerprint density at radius 3 is 1.96 bits per heavy atom. The first-order valence-electron chi connectivity index (χ1n) is 9.04. The van der Waals surface area contributed by atoms with Crippen LogP contribution in [0.4, 0.5) is 4.79 Å². The molecule has 1 saturated heterocycles. The Morgan fingerprint density at radius 2 is 1.50 bits per heavy atom. The van der Waals surface area contributed by atoms with Crippen LogP contribution in [0.2, 0.25) is 0 Å². The van der Waals surface area contributed by atoms with Crippen LogP contribution in [0, 0.1) is 0 Å². The van der Waals surface area contributed by atoms with Crippen LogP contribution in [0.1, 0.15) is 23.6 Å². The van der Waals surface area contributed by atoms with Gasteiger partial charge in [0, 0.05) is 0 Å². The molecular weight excluding hydrogens is 378 g/mol. The highest BCUT2D eigenvalue weighted by Gasteiger charge is 2.33. The van der Waals surface area contributed by atoms with Crippen molar-refractivity contribution in [2.75, 3.05) is 27.1 Å². The van der Waals surface area contributed by atoms with E-state index in [1.807, 2.05) is 48.5 Å². The minimum atomic E-state index is -0.656.